The van der Waals surface area contributed by atoms with Crippen LogP contribution in [0.25, 0.3) is 0 Å². The third-order valence-electron chi connectivity index (χ3n) is 7.63. The number of ether oxygens (including phenoxy) is 1. The molecule has 1 aliphatic carbocycles. The minimum absolute atomic E-state index is 0.0884. The van der Waals surface area contributed by atoms with Crippen molar-refractivity contribution in [3.8, 4) is 5.75 Å². The van der Waals surface area contributed by atoms with Gasteiger partial charge in [0.1, 0.15) is 11.8 Å². The smallest absolute Gasteiger partial charge is 0.241 e. The van der Waals surface area contributed by atoms with E-state index >= 15 is 0 Å². The molecule has 9 heteroatoms. The molecule has 3 atom stereocenters. The molecule has 1 aromatic rings. The van der Waals surface area contributed by atoms with Gasteiger partial charge in [0, 0.05) is 32.1 Å². The summed E-state index contributed by atoms with van der Waals surface area (Å²) in [5.74, 6) is 0.976. The van der Waals surface area contributed by atoms with Gasteiger partial charge in [0.2, 0.25) is 21.8 Å². The first kappa shape index (κ1) is 27.5. The number of carbonyl (C=O) groups is 2. The summed E-state index contributed by atoms with van der Waals surface area (Å²) in [6.07, 6.45) is 7.18. The highest BCUT2D eigenvalue weighted by Crippen LogP contribution is 2.29. The number of benzene rings is 1. The molecule has 1 saturated carbocycles. The molecule has 0 radical (unpaired) electrons. The Morgan fingerprint density at radius 1 is 1.14 bits per heavy atom. The molecule has 0 spiro atoms. The van der Waals surface area contributed by atoms with Gasteiger partial charge in [-0.15, -0.1) is 0 Å². The van der Waals surface area contributed by atoms with Crippen LogP contribution in [0, 0.1) is 11.8 Å². The highest BCUT2D eigenvalue weighted by Gasteiger charge is 2.36. The number of carbonyl (C=O) groups excluding carboxylic acids is 2. The Balaban J connectivity index is 1.63. The van der Waals surface area contributed by atoms with Crippen molar-refractivity contribution in [3.63, 3.8) is 0 Å². The number of hydrogen-bond acceptors (Lipinski definition) is 5. The summed E-state index contributed by atoms with van der Waals surface area (Å²) in [5, 5.41) is 0. The minimum Gasteiger partial charge on any atom is -0.497 e. The Bertz CT molecular complexity index is 960. The Labute approximate surface area is 210 Å². The number of nitrogens with one attached hydrogen (secondary N) is 1. The van der Waals surface area contributed by atoms with Crippen molar-refractivity contribution in [1.29, 1.82) is 0 Å². The third-order valence-corrected chi connectivity index (χ3v) is 9.09. The fraction of sp³-hybridized carbons (Fsp3) is 0.692. The fourth-order valence-corrected chi connectivity index (χ4v) is 6.43. The molecule has 1 N–H and O–H groups in total. The molecule has 8 nitrogen and oxygen atoms in total. The van der Waals surface area contributed by atoms with E-state index in [0.29, 0.717) is 44.1 Å². The highest BCUT2D eigenvalue weighted by atomic mass is 32.2. The van der Waals surface area contributed by atoms with Gasteiger partial charge in [-0.2, -0.15) is 4.72 Å². The van der Waals surface area contributed by atoms with E-state index < -0.39 is 16.1 Å². The van der Waals surface area contributed by atoms with Crippen LogP contribution in [0.15, 0.2) is 29.2 Å². The number of nitrogens with zero attached hydrogens (tertiary/aromatic N) is 2. The fourth-order valence-electron chi connectivity index (χ4n) is 5.13. The Morgan fingerprint density at radius 3 is 2.37 bits per heavy atom. The van der Waals surface area contributed by atoms with E-state index in [0.717, 1.165) is 6.42 Å². The van der Waals surface area contributed by atoms with Gasteiger partial charge in [0.15, 0.2) is 0 Å². The summed E-state index contributed by atoms with van der Waals surface area (Å²) >= 11 is 0. The van der Waals surface area contributed by atoms with Gasteiger partial charge >= 0.3 is 0 Å². The van der Waals surface area contributed by atoms with Crippen LogP contribution in [0.1, 0.15) is 65.7 Å². The van der Waals surface area contributed by atoms with Gasteiger partial charge in [-0.05, 0) is 49.4 Å². The normalized spacial score (nSPS) is 21.1. The SMILES string of the molecule is CCC(C)C(NS(=O)(=O)c1ccc(OC)cc1)C(=O)N1CCN(C(=O)CCC2CCCC2)C(C)C1. The lowest BCUT2D eigenvalue weighted by molar-refractivity contribution is -0.144. The minimum atomic E-state index is -3.89. The number of methoxy groups -OCH3 is 1. The van der Waals surface area contributed by atoms with Gasteiger partial charge in [0.05, 0.1) is 12.0 Å². The second-order valence-corrected chi connectivity index (χ2v) is 11.8. The van der Waals surface area contributed by atoms with E-state index in [1.165, 1.54) is 44.9 Å². The lowest BCUT2D eigenvalue weighted by Crippen LogP contribution is -2.60. The van der Waals surface area contributed by atoms with Crippen LogP contribution < -0.4 is 9.46 Å². The third kappa shape index (κ3) is 6.97. The molecule has 3 unspecified atom stereocenters. The predicted molar refractivity (Wildman–Crippen MR) is 136 cm³/mol. The van der Waals surface area contributed by atoms with Crippen molar-refractivity contribution in [2.45, 2.75) is 82.7 Å². The average Bonchev–Trinajstić information content (AvgIpc) is 3.38. The van der Waals surface area contributed by atoms with E-state index in [9.17, 15) is 18.0 Å². The lowest BCUT2D eigenvalue weighted by atomic mass is 9.98. The molecule has 0 bridgehead atoms. The first-order valence-corrected chi connectivity index (χ1v) is 14.4. The van der Waals surface area contributed by atoms with Gasteiger partial charge in [-0.1, -0.05) is 46.0 Å². The zero-order valence-corrected chi connectivity index (χ0v) is 22.4. The van der Waals surface area contributed by atoms with Gasteiger partial charge in [-0.25, -0.2) is 8.42 Å². The summed E-state index contributed by atoms with van der Waals surface area (Å²) in [6, 6.07) is 5.14. The van der Waals surface area contributed by atoms with Crippen LogP contribution in [0.5, 0.6) is 5.75 Å². The molecular formula is C26H41N3O5S. The number of amides is 2. The first-order chi connectivity index (χ1) is 16.7. The van der Waals surface area contributed by atoms with E-state index in [4.69, 9.17) is 4.74 Å². The summed E-state index contributed by atoms with van der Waals surface area (Å²) in [4.78, 5) is 30.0. The quantitative estimate of drug-likeness (QED) is 0.524. The van der Waals surface area contributed by atoms with Crippen LogP contribution >= 0.6 is 0 Å². The van der Waals surface area contributed by atoms with Gasteiger partial charge in [-0.3, -0.25) is 9.59 Å². The molecule has 35 heavy (non-hydrogen) atoms. The number of hydrogen-bond donors (Lipinski definition) is 1. The molecule has 1 aliphatic heterocycles. The molecule has 2 fully saturated rings. The van der Waals surface area contributed by atoms with Gasteiger partial charge in [0.25, 0.3) is 0 Å². The maximum atomic E-state index is 13.5. The van der Waals surface area contributed by atoms with E-state index in [1.54, 1.807) is 17.0 Å². The van der Waals surface area contributed by atoms with Crippen molar-refractivity contribution >= 4 is 21.8 Å². The Kier molecular flexibility index (Phi) is 9.58. The van der Waals surface area contributed by atoms with Crippen molar-refractivity contribution in [3.05, 3.63) is 24.3 Å². The molecule has 1 saturated heterocycles. The summed E-state index contributed by atoms with van der Waals surface area (Å²) < 4.78 is 33.9. The topological polar surface area (TPSA) is 96.0 Å². The zero-order chi connectivity index (χ0) is 25.6. The summed E-state index contributed by atoms with van der Waals surface area (Å²) in [6.45, 7) is 7.09. The van der Waals surface area contributed by atoms with E-state index in [1.807, 2.05) is 25.7 Å². The second-order valence-electron chi connectivity index (χ2n) is 10.1. The number of sulfonamides is 1. The lowest BCUT2D eigenvalue weighted by Gasteiger charge is -2.41. The van der Waals surface area contributed by atoms with Crippen molar-refractivity contribution in [2.75, 3.05) is 26.7 Å². The Morgan fingerprint density at radius 2 is 1.80 bits per heavy atom. The second kappa shape index (κ2) is 12.2. The maximum absolute atomic E-state index is 13.5. The van der Waals surface area contributed by atoms with Crippen molar-refractivity contribution in [1.82, 2.24) is 14.5 Å². The monoisotopic (exact) mass is 507 g/mol. The Hall–Kier alpha value is -2.13. The van der Waals surface area contributed by atoms with Crippen LogP contribution in [-0.4, -0.2) is 68.9 Å². The average molecular weight is 508 g/mol. The molecule has 196 valence electrons. The largest absolute Gasteiger partial charge is 0.497 e. The molecule has 1 heterocycles. The van der Waals surface area contributed by atoms with Crippen molar-refractivity contribution < 1.29 is 22.7 Å². The predicted octanol–water partition coefficient (Wildman–Crippen LogP) is 3.42. The molecule has 3 rings (SSSR count). The van der Waals surface area contributed by atoms with Crippen LogP contribution in [0.3, 0.4) is 0 Å². The number of rotatable bonds is 10. The molecule has 1 aromatic carbocycles. The van der Waals surface area contributed by atoms with E-state index in [-0.39, 0.29) is 28.7 Å². The summed E-state index contributed by atoms with van der Waals surface area (Å²) in [7, 11) is -2.38. The van der Waals surface area contributed by atoms with Crippen molar-refractivity contribution in [2.24, 2.45) is 11.8 Å². The number of piperazine rings is 1. The van der Waals surface area contributed by atoms with Crippen LogP contribution in [0.2, 0.25) is 0 Å². The molecule has 0 aromatic heterocycles. The zero-order valence-electron chi connectivity index (χ0n) is 21.5. The molecular weight excluding hydrogens is 466 g/mol. The van der Waals surface area contributed by atoms with Crippen LogP contribution in [-0.2, 0) is 19.6 Å². The van der Waals surface area contributed by atoms with Gasteiger partial charge < -0.3 is 14.5 Å². The first-order valence-electron chi connectivity index (χ1n) is 12.9. The summed E-state index contributed by atoms with van der Waals surface area (Å²) in [5.41, 5.74) is 0. The maximum Gasteiger partial charge on any atom is 0.241 e. The van der Waals surface area contributed by atoms with Crippen LogP contribution in [0.4, 0.5) is 0 Å². The molecule has 2 amide bonds. The standard InChI is InChI=1S/C26H41N3O5S/c1-5-19(2)25(27-35(32,33)23-13-11-22(34-4)12-14-23)26(31)28-16-17-29(20(3)18-28)24(30)15-10-21-8-6-7-9-21/h11-14,19-21,25,27H,5-10,15-18H2,1-4H3. The van der Waals surface area contributed by atoms with E-state index in [2.05, 4.69) is 4.72 Å². The molecule has 2 aliphatic rings. The highest BCUT2D eigenvalue weighted by molar-refractivity contribution is 7.89.